The zero-order valence-electron chi connectivity index (χ0n) is 12.5. The summed E-state index contributed by atoms with van der Waals surface area (Å²) in [5, 5.41) is 1.75. The minimum atomic E-state index is -4.02. The molecule has 0 amide bonds. The van der Waals surface area contributed by atoms with Gasteiger partial charge in [0.15, 0.2) is 11.5 Å². The number of benzene rings is 3. The summed E-state index contributed by atoms with van der Waals surface area (Å²) in [6, 6.07) is 19.0. The van der Waals surface area contributed by atoms with E-state index in [1.807, 2.05) is 24.3 Å². The van der Waals surface area contributed by atoms with Gasteiger partial charge in [-0.1, -0.05) is 54.6 Å². The minimum Gasteiger partial charge on any atom is -0.378 e. The van der Waals surface area contributed by atoms with Crippen LogP contribution >= 0.6 is 0 Å². The van der Waals surface area contributed by atoms with Crippen molar-refractivity contribution in [3.05, 3.63) is 83.9 Å². The van der Waals surface area contributed by atoms with Crippen LogP contribution in [0.4, 0.5) is 0 Å². The monoisotopic (exact) mass is 336 g/mol. The first-order chi connectivity index (χ1) is 11.5. The molecule has 0 aromatic heterocycles. The molecule has 1 aliphatic rings. The average molecular weight is 336 g/mol. The third-order valence-corrected chi connectivity index (χ3v) is 5.16. The average Bonchev–Trinajstić information content (AvgIpc) is 2.90. The second-order valence-electron chi connectivity index (χ2n) is 5.46. The summed E-state index contributed by atoms with van der Waals surface area (Å²) in [5.74, 6) is -0.196. The van der Waals surface area contributed by atoms with Gasteiger partial charge >= 0.3 is 10.1 Å². The normalized spacial score (nSPS) is 13.7. The fraction of sp³-hybridized carbons (Fsp3) is 0. The van der Waals surface area contributed by atoms with Crippen LogP contribution in [0, 0.1) is 0 Å². The Bertz CT molecular complexity index is 1110. The Balaban J connectivity index is 1.73. The van der Waals surface area contributed by atoms with E-state index in [0.29, 0.717) is 11.1 Å². The number of ketones is 1. The molecular formula is C19H12O4S. The van der Waals surface area contributed by atoms with Gasteiger partial charge in [0.05, 0.1) is 0 Å². The summed E-state index contributed by atoms with van der Waals surface area (Å²) in [5.41, 5.74) is 0.938. The van der Waals surface area contributed by atoms with Crippen molar-refractivity contribution in [1.29, 1.82) is 0 Å². The molecule has 0 saturated carbocycles. The van der Waals surface area contributed by atoms with Crippen molar-refractivity contribution in [2.75, 3.05) is 0 Å². The quantitative estimate of drug-likeness (QED) is 0.683. The largest absolute Gasteiger partial charge is 0.378 e. The Kier molecular flexibility index (Phi) is 3.25. The van der Waals surface area contributed by atoms with E-state index in [2.05, 4.69) is 0 Å². The molecule has 24 heavy (non-hydrogen) atoms. The second-order valence-corrected chi connectivity index (χ2v) is 7.01. The van der Waals surface area contributed by atoms with Crippen LogP contribution in [0.5, 0.6) is 0 Å². The number of fused-ring (bicyclic) bond motifs is 2. The van der Waals surface area contributed by atoms with E-state index in [1.165, 1.54) is 12.1 Å². The SMILES string of the molecule is O=C1C=C(OS(=O)(=O)c2ccc3ccccc3c2)c2ccccc21. The zero-order valence-corrected chi connectivity index (χ0v) is 13.3. The predicted octanol–water partition coefficient (Wildman–Crippen LogP) is 3.78. The van der Waals surface area contributed by atoms with E-state index in [1.54, 1.807) is 36.4 Å². The van der Waals surface area contributed by atoms with E-state index < -0.39 is 10.1 Å². The van der Waals surface area contributed by atoms with Crippen molar-refractivity contribution in [3.8, 4) is 0 Å². The van der Waals surface area contributed by atoms with Gasteiger partial charge in [0.2, 0.25) is 0 Å². The number of rotatable bonds is 3. The van der Waals surface area contributed by atoms with E-state index in [9.17, 15) is 13.2 Å². The van der Waals surface area contributed by atoms with E-state index in [4.69, 9.17) is 4.18 Å². The number of allylic oxidation sites excluding steroid dienone is 1. The molecule has 4 nitrogen and oxygen atoms in total. The zero-order chi connectivity index (χ0) is 16.7. The van der Waals surface area contributed by atoms with Crippen molar-refractivity contribution in [3.63, 3.8) is 0 Å². The fourth-order valence-electron chi connectivity index (χ4n) is 2.75. The van der Waals surface area contributed by atoms with Gasteiger partial charge in [0.1, 0.15) is 4.90 Å². The topological polar surface area (TPSA) is 60.4 Å². The molecule has 0 unspecified atom stereocenters. The highest BCUT2D eigenvalue weighted by molar-refractivity contribution is 7.87. The number of hydrogen-bond acceptors (Lipinski definition) is 4. The lowest BCUT2D eigenvalue weighted by molar-refractivity contribution is 0.104. The molecular weight excluding hydrogens is 324 g/mol. The molecule has 0 heterocycles. The smallest absolute Gasteiger partial charge is 0.339 e. The highest BCUT2D eigenvalue weighted by Gasteiger charge is 2.27. The Hall–Kier alpha value is -2.92. The molecule has 0 N–H and O–H groups in total. The second kappa shape index (κ2) is 5.32. The third kappa shape index (κ3) is 2.39. The summed E-state index contributed by atoms with van der Waals surface area (Å²) < 4.78 is 30.4. The molecule has 0 saturated heterocycles. The molecule has 3 aromatic carbocycles. The van der Waals surface area contributed by atoms with Gasteiger partial charge in [-0.3, -0.25) is 4.79 Å². The fourth-order valence-corrected chi connectivity index (χ4v) is 3.72. The molecule has 0 aliphatic heterocycles. The van der Waals surface area contributed by atoms with E-state index in [0.717, 1.165) is 10.8 Å². The van der Waals surface area contributed by atoms with Gasteiger partial charge in [-0.05, 0) is 22.9 Å². The van der Waals surface area contributed by atoms with Crippen LogP contribution in [0.1, 0.15) is 15.9 Å². The summed E-state index contributed by atoms with van der Waals surface area (Å²) in [7, 11) is -4.02. The minimum absolute atomic E-state index is 0.0546. The maximum absolute atomic E-state index is 12.6. The highest BCUT2D eigenvalue weighted by Crippen LogP contribution is 2.31. The van der Waals surface area contributed by atoms with E-state index >= 15 is 0 Å². The highest BCUT2D eigenvalue weighted by atomic mass is 32.2. The molecule has 0 atom stereocenters. The maximum Gasteiger partial charge on any atom is 0.339 e. The van der Waals surface area contributed by atoms with Gasteiger partial charge in [0, 0.05) is 17.2 Å². The van der Waals surface area contributed by atoms with Crippen molar-refractivity contribution in [2.24, 2.45) is 0 Å². The van der Waals surface area contributed by atoms with Crippen molar-refractivity contribution >= 4 is 32.4 Å². The standard InChI is InChI=1S/C19H12O4S/c20-18-12-19(17-8-4-3-7-16(17)18)23-24(21,22)15-10-9-13-5-1-2-6-14(13)11-15/h1-12H. The first-order valence-corrected chi connectivity index (χ1v) is 8.74. The summed E-state index contributed by atoms with van der Waals surface area (Å²) in [6.07, 6.45) is 1.21. The Morgan fingerprint density at radius 2 is 1.42 bits per heavy atom. The summed E-state index contributed by atoms with van der Waals surface area (Å²) in [6.45, 7) is 0. The molecule has 3 aromatic rings. The van der Waals surface area contributed by atoms with Crippen molar-refractivity contribution in [2.45, 2.75) is 4.90 Å². The van der Waals surface area contributed by atoms with Gasteiger partial charge in [0.25, 0.3) is 0 Å². The molecule has 1 aliphatic carbocycles. The van der Waals surface area contributed by atoms with Crippen molar-refractivity contribution in [1.82, 2.24) is 0 Å². The third-order valence-electron chi connectivity index (χ3n) is 3.93. The maximum atomic E-state index is 12.6. The molecule has 0 bridgehead atoms. The van der Waals surface area contributed by atoms with Crippen LogP contribution in [0.2, 0.25) is 0 Å². The first-order valence-electron chi connectivity index (χ1n) is 7.33. The summed E-state index contributed by atoms with van der Waals surface area (Å²) in [4.78, 5) is 12.0. The van der Waals surface area contributed by atoms with Gasteiger partial charge < -0.3 is 4.18 Å². The molecule has 118 valence electrons. The van der Waals surface area contributed by atoms with Gasteiger partial charge in [-0.15, -0.1) is 0 Å². The van der Waals surface area contributed by atoms with Crippen LogP contribution in [-0.4, -0.2) is 14.2 Å². The van der Waals surface area contributed by atoms with Gasteiger partial charge in [-0.25, -0.2) is 0 Å². The molecule has 4 rings (SSSR count). The Labute approximate surface area is 139 Å². The molecule has 0 spiro atoms. The Morgan fingerprint density at radius 1 is 0.750 bits per heavy atom. The molecule has 0 fully saturated rings. The van der Waals surface area contributed by atoms with Crippen LogP contribution in [0.25, 0.3) is 16.5 Å². The molecule has 5 heteroatoms. The van der Waals surface area contributed by atoms with Crippen LogP contribution < -0.4 is 0 Å². The van der Waals surface area contributed by atoms with Crippen LogP contribution in [0.15, 0.2) is 77.7 Å². The first kappa shape index (κ1) is 14.7. The van der Waals surface area contributed by atoms with E-state index in [-0.39, 0.29) is 16.4 Å². The van der Waals surface area contributed by atoms with Gasteiger partial charge in [-0.2, -0.15) is 8.42 Å². The lowest BCUT2D eigenvalue weighted by atomic mass is 10.1. The van der Waals surface area contributed by atoms with Crippen LogP contribution in [-0.2, 0) is 14.3 Å². The number of hydrogen-bond donors (Lipinski definition) is 0. The Morgan fingerprint density at radius 3 is 2.21 bits per heavy atom. The lowest BCUT2D eigenvalue weighted by Gasteiger charge is -2.09. The molecule has 0 radical (unpaired) electrons. The lowest BCUT2D eigenvalue weighted by Crippen LogP contribution is -2.05. The van der Waals surface area contributed by atoms with Crippen LogP contribution in [0.3, 0.4) is 0 Å². The number of carbonyl (C=O) groups is 1. The van der Waals surface area contributed by atoms with Crippen molar-refractivity contribution < 1.29 is 17.4 Å². The summed E-state index contributed by atoms with van der Waals surface area (Å²) >= 11 is 0. The predicted molar refractivity (Wildman–Crippen MR) is 91.0 cm³/mol. The number of carbonyl (C=O) groups excluding carboxylic acids is 1.